The van der Waals surface area contributed by atoms with E-state index in [0.717, 1.165) is 0 Å². The molecule has 0 saturated heterocycles. The van der Waals surface area contributed by atoms with Crippen molar-refractivity contribution >= 4 is 17.9 Å². The molecule has 122 valence electrons. The van der Waals surface area contributed by atoms with E-state index in [1.54, 1.807) is 0 Å². The van der Waals surface area contributed by atoms with Gasteiger partial charge in [-0.3, -0.25) is 19.3 Å². The molecule has 0 aromatic carbocycles. The van der Waals surface area contributed by atoms with Crippen LogP contribution in [0.15, 0.2) is 12.5 Å². The van der Waals surface area contributed by atoms with Gasteiger partial charge in [0.25, 0.3) is 0 Å². The molecule has 0 bridgehead atoms. The van der Waals surface area contributed by atoms with Crippen LogP contribution >= 0.6 is 0 Å². The molecule has 0 fully saturated rings. The number of hydrogen-bond donors (Lipinski definition) is 3. The molecule has 1 aromatic heterocycles. The van der Waals surface area contributed by atoms with Crippen molar-refractivity contribution in [2.24, 2.45) is 0 Å². The maximum absolute atomic E-state index is 11.5. The SMILES string of the molecule is COC(=O)CCN(CCC(=O)O)C(Cc1cnc[nH]1)C(=O)O. The number of H-pyrrole nitrogens is 1. The van der Waals surface area contributed by atoms with Gasteiger partial charge < -0.3 is 19.9 Å². The standard InChI is InChI=1S/C13H19N3O6/c1-22-12(19)3-5-16(4-2-11(17)18)10(13(20)21)6-9-7-14-8-15-9/h7-8,10H,2-6H2,1H3,(H,14,15)(H,17,18)(H,20,21). The second kappa shape index (κ2) is 8.78. The second-order valence-corrected chi connectivity index (χ2v) is 4.64. The van der Waals surface area contributed by atoms with Crippen molar-refractivity contribution in [3.63, 3.8) is 0 Å². The van der Waals surface area contributed by atoms with Crippen molar-refractivity contribution in [2.45, 2.75) is 25.3 Å². The first-order valence-electron chi connectivity index (χ1n) is 6.66. The number of esters is 1. The lowest BCUT2D eigenvalue weighted by molar-refractivity contribution is -0.147. The fraction of sp³-hybridized carbons (Fsp3) is 0.538. The molecule has 1 rings (SSSR count). The smallest absolute Gasteiger partial charge is 0.321 e. The van der Waals surface area contributed by atoms with Gasteiger partial charge in [0.2, 0.25) is 0 Å². The van der Waals surface area contributed by atoms with Crippen LogP contribution in [0.3, 0.4) is 0 Å². The molecule has 0 aliphatic heterocycles. The Kier molecular flexibility index (Phi) is 7.03. The summed E-state index contributed by atoms with van der Waals surface area (Å²) in [5.74, 6) is -2.61. The van der Waals surface area contributed by atoms with Crippen LogP contribution in [-0.4, -0.2) is 69.2 Å². The van der Waals surface area contributed by atoms with Gasteiger partial charge in [-0.25, -0.2) is 4.98 Å². The third-order valence-corrected chi connectivity index (χ3v) is 3.14. The Morgan fingerprint density at radius 2 is 2.00 bits per heavy atom. The highest BCUT2D eigenvalue weighted by atomic mass is 16.5. The number of rotatable bonds is 10. The Morgan fingerprint density at radius 1 is 1.32 bits per heavy atom. The van der Waals surface area contributed by atoms with E-state index in [9.17, 15) is 19.5 Å². The van der Waals surface area contributed by atoms with Gasteiger partial charge in [0, 0.05) is 31.4 Å². The Hall–Kier alpha value is -2.42. The number of carboxylic acids is 2. The van der Waals surface area contributed by atoms with E-state index in [-0.39, 0.29) is 32.4 Å². The van der Waals surface area contributed by atoms with Crippen LogP contribution in [0.4, 0.5) is 0 Å². The highest BCUT2D eigenvalue weighted by Crippen LogP contribution is 2.10. The van der Waals surface area contributed by atoms with Crippen molar-refractivity contribution in [1.82, 2.24) is 14.9 Å². The quantitative estimate of drug-likeness (QED) is 0.503. The molecule has 3 N–H and O–H groups in total. The number of aliphatic carboxylic acids is 2. The number of methoxy groups -OCH3 is 1. The lowest BCUT2D eigenvalue weighted by Crippen LogP contribution is -2.45. The summed E-state index contributed by atoms with van der Waals surface area (Å²) < 4.78 is 4.53. The molecule has 0 saturated carbocycles. The molecule has 22 heavy (non-hydrogen) atoms. The molecule has 1 atom stereocenters. The molecule has 0 aliphatic carbocycles. The molecule has 0 radical (unpaired) electrons. The number of aromatic nitrogens is 2. The van der Waals surface area contributed by atoms with Gasteiger partial charge in [0.15, 0.2) is 0 Å². The van der Waals surface area contributed by atoms with Crippen molar-refractivity contribution in [3.05, 3.63) is 18.2 Å². The highest BCUT2D eigenvalue weighted by molar-refractivity contribution is 5.74. The van der Waals surface area contributed by atoms with Gasteiger partial charge in [0.1, 0.15) is 6.04 Å². The van der Waals surface area contributed by atoms with Gasteiger partial charge in [-0.05, 0) is 0 Å². The lowest BCUT2D eigenvalue weighted by atomic mass is 10.1. The molecular weight excluding hydrogens is 294 g/mol. The van der Waals surface area contributed by atoms with E-state index in [0.29, 0.717) is 5.69 Å². The van der Waals surface area contributed by atoms with Crippen LogP contribution in [0.1, 0.15) is 18.5 Å². The fourth-order valence-electron chi connectivity index (χ4n) is 1.98. The zero-order valence-corrected chi connectivity index (χ0v) is 12.2. The molecule has 0 amide bonds. The maximum atomic E-state index is 11.5. The summed E-state index contributed by atoms with van der Waals surface area (Å²) in [6.45, 7) is 0.127. The van der Waals surface area contributed by atoms with Crippen molar-refractivity contribution in [2.75, 3.05) is 20.2 Å². The van der Waals surface area contributed by atoms with E-state index in [4.69, 9.17) is 5.11 Å². The van der Waals surface area contributed by atoms with Crippen LogP contribution in [0, 0.1) is 0 Å². The molecule has 1 heterocycles. The molecule has 9 heteroatoms. The number of nitrogens with one attached hydrogen (secondary N) is 1. The summed E-state index contributed by atoms with van der Waals surface area (Å²) in [5, 5.41) is 18.2. The van der Waals surface area contributed by atoms with E-state index >= 15 is 0 Å². The summed E-state index contributed by atoms with van der Waals surface area (Å²) in [7, 11) is 1.24. The number of aromatic amines is 1. The molecule has 9 nitrogen and oxygen atoms in total. The summed E-state index contributed by atoms with van der Waals surface area (Å²) in [4.78, 5) is 41.5. The summed E-state index contributed by atoms with van der Waals surface area (Å²) in [6, 6.07) is -0.954. The summed E-state index contributed by atoms with van der Waals surface area (Å²) in [6.07, 6.45) is 2.85. The largest absolute Gasteiger partial charge is 0.481 e. The predicted molar refractivity (Wildman–Crippen MR) is 74.2 cm³/mol. The zero-order chi connectivity index (χ0) is 16.5. The normalized spacial score (nSPS) is 12.1. The summed E-state index contributed by atoms with van der Waals surface area (Å²) >= 11 is 0. The average molecular weight is 313 g/mol. The number of imidazole rings is 1. The molecule has 1 unspecified atom stereocenters. The third kappa shape index (κ3) is 5.92. The van der Waals surface area contributed by atoms with Crippen LogP contribution in [0.5, 0.6) is 0 Å². The minimum atomic E-state index is -1.09. The minimum Gasteiger partial charge on any atom is -0.481 e. The van der Waals surface area contributed by atoms with Crippen molar-refractivity contribution in [1.29, 1.82) is 0 Å². The van der Waals surface area contributed by atoms with Gasteiger partial charge >= 0.3 is 17.9 Å². The Bertz CT molecular complexity index is 502. The number of carbonyl (C=O) groups is 3. The topological polar surface area (TPSA) is 133 Å². The van der Waals surface area contributed by atoms with Crippen LogP contribution in [0.25, 0.3) is 0 Å². The Labute approximate surface area is 126 Å². The molecule has 1 aromatic rings. The molecule has 0 spiro atoms. The number of ether oxygens (including phenoxy) is 1. The number of carbonyl (C=O) groups excluding carboxylic acids is 1. The van der Waals surface area contributed by atoms with E-state index < -0.39 is 23.9 Å². The van der Waals surface area contributed by atoms with Crippen molar-refractivity contribution in [3.8, 4) is 0 Å². The highest BCUT2D eigenvalue weighted by Gasteiger charge is 2.27. The molecule has 0 aliphatic rings. The number of hydrogen-bond acceptors (Lipinski definition) is 6. The monoisotopic (exact) mass is 313 g/mol. The van der Waals surface area contributed by atoms with Crippen LogP contribution in [-0.2, 0) is 25.5 Å². The Balaban J connectivity index is 2.79. The van der Waals surface area contributed by atoms with Crippen LogP contribution in [0.2, 0.25) is 0 Å². The average Bonchev–Trinajstić information content (AvgIpc) is 2.97. The first-order chi connectivity index (χ1) is 10.4. The number of nitrogens with zero attached hydrogens (tertiary/aromatic N) is 2. The Morgan fingerprint density at radius 3 is 2.50 bits per heavy atom. The van der Waals surface area contributed by atoms with Gasteiger partial charge in [-0.1, -0.05) is 0 Å². The lowest BCUT2D eigenvalue weighted by Gasteiger charge is -2.27. The first kappa shape index (κ1) is 17.6. The van der Waals surface area contributed by atoms with Crippen LogP contribution < -0.4 is 0 Å². The van der Waals surface area contributed by atoms with Gasteiger partial charge in [-0.2, -0.15) is 0 Å². The fourth-order valence-corrected chi connectivity index (χ4v) is 1.98. The van der Waals surface area contributed by atoms with Gasteiger partial charge in [-0.15, -0.1) is 0 Å². The van der Waals surface area contributed by atoms with E-state index in [2.05, 4.69) is 14.7 Å². The minimum absolute atomic E-state index is 0.0110. The van der Waals surface area contributed by atoms with Gasteiger partial charge in [0.05, 0.1) is 26.3 Å². The van der Waals surface area contributed by atoms with Crippen molar-refractivity contribution < 1.29 is 29.3 Å². The maximum Gasteiger partial charge on any atom is 0.321 e. The van der Waals surface area contributed by atoms with E-state index in [1.165, 1.54) is 24.5 Å². The van der Waals surface area contributed by atoms with E-state index in [1.807, 2.05) is 0 Å². The third-order valence-electron chi connectivity index (χ3n) is 3.14. The number of carboxylic acid groups (broad SMARTS) is 2. The first-order valence-corrected chi connectivity index (χ1v) is 6.66. The zero-order valence-electron chi connectivity index (χ0n) is 12.2. The summed E-state index contributed by atoms with van der Waals surface area (Å²) in [5.41, 5.74) is 0.616. The second-order valence-electron chi connectivity index (χ2n) is 4.64. The molecular formula is C13H19N3O6. The predicted octanol–water partition coefficient (Wildman–Crippen LogP) is -0.255.